The summed E-state index contributed by atoms with van der Waals surface area (Å²) in [6, 6.07) is -0.200. The maximum atomic E-state index is 11.1. The van der Waals surface area contributed by atoms with Crippen LogP contribution < -0.4 is 0 Å². The van der Waals surface area contributed by atoms with E-state index < -0.39 is 6.10 Å². The summed E-state index contributed by atoms with van der Waals surface area (Å²) in [6.07, 6.45) is 0.0288. The van der Waals surface area contributed by atoms with Crippen LogP contribution in [0.5, 0.6) is 0 Å². The van der Waals surface area contributed by atoms with Gasteiger partial charge >= 0.3 is 5.97 Å². The first-order chi connectivity index (χ1) is 6.52. The van der Waals surface area contributed by atoms with Gasteiger partial charge in [-0.3, -0.25) is 4.79 Å². The minimum Gasteiger partial charge on any atom is -0.785 e. The van der Waals surface area contributed by atoms with Crippen molar-refractivity contribution in [2.45, 2.75) is 32.4 Å². The fourth-order valence-electron chi connectivity index (χ4n) is 1.70. The van der Waals surface area contributed by atoms with Crippen LogP contribution in [0.15, 0.2) is 0 Å². The SMILES string of the molecule is CC(=O)OCCC1C(C(C)O)CN1[O-]. The van der Waals surface area contributed by atoms with Crippen LogP contribution in [-0.2, 0) is 9.53 Å². The molecule has 0 saturated carbocycles. The zero-order chi connectivity index (χ0) is 10.7. The number of rotatable bonds is 4. The third kappa shape index (κ3) is 2.67. The van der Waals surface area contributed by atoms with Gasteiger partial charge in [0.15, 0.2) is 0 Å². The molecular weight excluding hydrogens is 186 g/mol. The van der Waals surface area contributed by atoms with E-state index in [1.807, 2.05) is 0 Å². The van der Waals surface area contributed by atoms with Gasteiger partial charge in [0.05, 0.1) is 12.7 Å². The van der Waals surface area contributed by atoms with E-state index in [0.29, 0.717) is 13.0 Å². The Morgan fingerprint density at radius 3 is 2.86 bits per heavy atom. The second-order valence-corrected chi connectivity index (χ2v) is 3.70. The van der Waals surface area contributed by atoms with Crippen molar-refractivity contribution in [2.75, 3.05) is 13.2 Å². The average molecular weight is 202 g/mol. The fourth-order valence-corrected chi connectivity index (χ4v) is 1.70. The van der Waals surface area contributed by atoms with Gasteiger partial charge in [0.25, 0.3) is 0 Å². The van der Waals surface area contributed by atoms with Crippen LogP contribution in [0.4, 0.5) is 0 Å². The van der Waals surface area contributed by atoms with Crippen LogP contribution in [0, 0.1) is 11.1 Å². The van der Waals surface area contributed by atoms with Gasteiger partial charge in [-0.25, -0.2) is 0 Å². The van der Waals surface area contributed by atoms with E-state index in [1.165, 1.54) is 6.92 Å². The summed E-state index contributed by atoms with van der Waals surface area (Å²) in [5, 5.41) is 21.3. The molecule has 1 N–H and O–H groups in total. The van der Waals surface area contributed by atoms with E-state index in [0.717, 1.165) is 5.06 Å². The van der Waals surface area contributed by atoms with Crippen LogP contribution >= 0.6 is 0 Å². The molecule has 3 unspecified atom stereocenters. The molecule has 0 radical (unpaired) electrons. The molecule has 14 heavy (non-hydrogen) atoms. The number of hydroxylamine groups is 2. The van der Waals surface area contributed by atoms with Gasteiger partial charge in [-0.2, -0.15) is 0 Å². The minimum absolute atomic E-state index is 0.0167. The molecule has 5 nitrogen and oxygen atoms in total. The predicted octanol–water partition coefficient (Wildman–Crippen LogP) is 0.119. The van der Waals surface area contributed by atoms with Crippen LogP contribution in [0.3, 0.4) is 0 Å². The van der Waals surface area contributed by atoms with Crippen molar-refractivity contribution >= 4 is 5.97 Å². The van der Waals surface area contributed by atoms with Crippen LogP contribution in [0.25, 0.3) is 0 Å². The van der Waals surface area contributed by atoms with Gasteiger partial charge in [0, 0.05) is 18.9 Å². The van der Waals surface area contributed by atoms with Gasteiger partial charge in [-0.1, -0.05) is 0 Å². The molecule has 0 aromatic heterocycles. The molecule has 1 aliphatic rings. The number of hydrogen-bond donors (Lipinski definition) is 1. The lowest BCUT2D eigenvalue weighted by atomic mass is 9.85. The standard InChI is InChI=1S/C9H16NO4/c1-6(11)8-5-10(13)9(8)3-4-14-7(2)12/h6,8-9,11H,3-5H2,1-2H3/q-1. The van der Waals surface area contributed by atoms with Gasteiger partial charge in [-0.15, -0.1) is 0 Å². The van der Waals surface area contributed by atoms with Gasteiger partial charge in [0.1, 0.15) is 0 Å². The third-order valence-corrected chi connectivity index (χ3v) is 2.59. The molecule has 0 bridgehead atoms. The first kappa shape index (κ1) is 11.4. The molecule has 0 aromatic carbocycles. The molecule has 1 rings (SSSR count). The molecule has 5 heteroatoms. The average Bonchev–Trinajstić information content (AvgIpc) is 2.07. The van der Waals surface area contributed by atoms with Gasteiger partial charge in [0.2, 0.25) is 0 Å². The maximum Gasteiger partial charge on any atom is 0.302 e. The summed E-state index contributed by atoms with van der Waals surface area (Å²) in [6.45, 7) is 3.64. The zero-order valence-corrected chi connectivity index (χ0v) is 8.47. The van der Waals surface area contributed by atoms with Crippen molar-refractivity contribution in [2.24, 2.45) is 5.92 Å². The second-order valence-electron chi connectivity index (χ2n) is 3.70. The van der Waals surface area contributed by atoms with Crippen LogP contribution in [-0.4, -0.2) is 41.4 Å². The Morgan fingerprint density at radius 1 is 1.79 bits per heavy atom. The Balaban J connectivity index is 2.25. The fraction of sp³-hybridized carbons (Fsp3) is 0.889. The smallest absolute Gasteiger partial charge is 0.302 e. The lowest BCUT2D eigenvalue weighted by Crippen LogP contribution is -2.57. The molecule has 0 spiro atoms. The Labute approximate surface area is 83.2 Å². The Morgan fingerprint density at radius 2 is 2.43 bits per heavy atom. The number of carbonyl (C=O) groups excluding carboxylic acids is 1. The lowest BCUT2D eigenvalue weighted by molar-refractivity contribution is -0.142. The number of aliphatic hydroxyl groups is 1. The molecule has 0 aromatic rings. The normalized spacial score (nSPS) is 29.4. The van der Waals surface area contributed by atoms with Crippen molar-refractivity contribution in [3.8, 4) is 0 Å². The summed E-state index contributed by atoms with van der Waals surface area (Å²) in [4.78, 5) is 10.5. The van der Waals surface area contributed by atoms with E-state index in [9.17, 15) is 15.1 Å². The van der Waals surface area contributed by atoms with Crippen LogP contribution in [0.2, 0.25) is 0 Å². The van der Waals surface area contributed by atoms with Gasteiger partial charge < -0.3 is 20.1 Å². The highest BCUT2D eigenvalue weighted by atomic mass is 16.5. The quantitative estimate of drug-likeness (QED) is 0.655. The Kier molecular flexibility index (Phi) is 3.86. The number of ether oxygens (including phenoxy) is 1. The highest BCUT2D eigenvalue weighted by molar-refractivity contribution is 5.65. The maximum absolute atomic E-state index is 11.1. The Bertz CT molecular complexity index is 207. The molecule has 1 heterocycles. The second kappa shape index (κ2) is 4.72. The minimum atomic E-state index is -0.470. The van der Waals surface area contributed by atoms with Crippen LogP contribution in [0.1, 0.15) is 20.3 Å². The monoisotopic (exact) mass is 202 g/mol. The molecule has 1 saturated heterocycles. The van der Waals surface area contributed by atoms with E-state index in [2.05, 4.69) is 0 Å². The molecular formula is C9H16NO4-. The van der Waals surface area contributed by atoms with Gasteiger partial charge in [-0.05, 0) is 19.9 Å². The van der Waals surface area contributed by atoms with E-state index in [1.54, 1.807) is 6.92 Å². The first-order valence-electron chi connectivity index (χ1n) is 4.77. The van der Waals surface area contributed by atoms with E-state index >= 15 is 0 Å². The van der Waals surface area contributed by atoms with Crippen molar-refractivity contribution < 1.29 is 14.6 Å². The predicted molar refractivity (Wildman–Crippen MR) is 50.3 cm³/mol. The zero-order valence-electron chi connectivity index (χ0n) is 8.47. The number of esters is 1. The summed E-state index contributed by atoms with van der Waals surface area (Å²) < 4.78 is 4.74. The molecule has 1 aliphatic heterocycles. The number of aliphatic hydroxyl groups excluding tert-OH is 1. The Hall–Kier alpha value is -0.650. The topological polar surface area (TPSA) is 72.8 Å². The van der Waals surface area contributed by atoms with E-state index in [-0.39, 0.29) is 24.5 Å². The first-order valence-corrected chi connectivity index (χ1v) is 4.77. The summed E-state index contributed by atoms with van der Waals surface area (Å²) >= 11 is 0. The third-order valence-electron chi connectivity index (χ3n) is 2.59. The molecule has 82 valence electrons. The number of nitrogens with zero attached hydrogens (tertiary/aromatic N) is 1. The van der Waals surface area contributed by atoms with Crippen molar-refractivity contribution in [3.63, 3.8) is 0 Å². The van der Waals surface area contributed by atoms with Crippen molar-refractivity contribution in [1.29, 1.82) is 0 Å². The summed E-state index contributed by atoms with van der Waals surface area (Å²) in [7, 11) is 0. The van der Waals surface area contributed by atoms with E-state index in [4.69, 9.17) is 4.74 Å². The van der Waals surface area contributed by atoms with Crippen molar-refractivity contribution in [3.05, 3.63) is 5.21 Å². The highest BCUT2D eigenvalue weighted by Gasteiger charge is 2.35. The molecule has 0 aliphatic carbocycles. The molecule has 0 amide bonds. The highest BCUT2D eigenvalue weighted by Crippen LogP contribution is 2.28. The number of hydrogen-bond acceptors (Lipinski definition) is 5. The van der Waals surface area contributed by atoms with Crippen molar-refractivity contribution in [1.82, 2.24) is 5.06 Å². The summed E-state index contributed by atoms with van der Waals surface area (Å²) in [5.74, 6) is -0.321. The summed E-state index contributed by atoms with van der Waals surface area (Å²) in [5.41, 5.74) is 0. The largest absolute Gasteiger partial charge is 0.785 e. The molecule has 1 fully saturated rings. The molecule has 3 atom stereocenters. The number of carbonyl (C=O) groups is 1. The lowest BCUT2D eigenvalue weighted by Gasteiger charge is -2.54.